The van der Waals surface area contributed by atoms with E-state index in [1.165, 1.54) is 6.07 Å². The molecule has 4 atom stereocenters. The molecule has 5 heterocycles. The summed E-state index contributed by atoms with van der Waals surface area (Å²) in [5, 5.41) is 21.8. The molecule has 17 heteroatoms. The van der Waals surface area contributed by atoms with Crippen LogP contribution in [0.25, 0.3) is 0 Å². The summed E-state index contributed by atoms with van der Waals surface area (Å²) < 4.78 is 26.3. The fourth-order valence-electron chi connectivity index (χ4n) is 6.91. The molecule has 322 valence electrons. The summed E-state index contributed by atoms with van der Waals surface area (Å²) in [5.74, 6) is -2.07. The highest BCUT2D eigenvalue weighted by Crippen LogP contribution is 2.30. The molecule has 3 saturated heterocycles. The number of epoxide rings is 1. The largest absolute Gasteiger partial charge is 0.476 e. The Morgan fingerprint density at radius 2 is 1.36 bits per heavy atom. The number of carboxylic acid groups (broad SMARTS) is 1. The van der Waals surface area contributed by atoms with Crippen LogP contribution in [0.2, 0.25) is 0 Å². The van der Waals surface area contributed by atoms with Gasteiger partial charge in [-0.25, -0.2) is 4.79 Å². The topological polar surface area (TPSA) is 219 Å². The normalized spacial score (nSPS) is 19.9. The number of carbonyl (C=O) groups is 5. The van der Waals surface area contributed by atoms with E-state index in [4.69, 9.17) is 28.4 Å². The maximum Gasteiger partial charge on any atom is 0.358 e. The number of nitrogens with zero attached hydrogens (tertiary/aromatic N) is 4. The Bertz CT molecular complexity index is 1850. The van der Waals surface area contributed by atoms with Gasteiger partial charge in [-0.2, -0.15) is 0 Å². The van der Waals surface area contributed by atoms with E-state index in [-0.39, 0.29) is 47.1 Å². The molecule has 0 aliphatic carbocycles. The van der Waals surface area contributed by atoms with Gasteiger partial charge >= 0.3 is 5.97 Å². The first kappa shape index (κ1) is 45.3. The number of morpholine rings is 2. The fraction of sp³-hybridized carbons (Fsp3) is 0.595. The third-order valence-electron chi connectivity index (χ3n) is 10.4. The van der Waals surface area contributed by atoms with Gasteiger partial charge in [-0.3, -0.25) is 29.0 Å². The van der Waals surface area contributed by atoms with Crippen LogP contribution in [0.4, 0.5) is 0 Å². The van der Waals surface area contributed by atoms with Gasteiger partial charge in [0.05, 0.1) is 58.2 Å². The molecule has 3 aliphatic rings. The van der Waals surface area contributed by atoms with Crippen molar-refractivity contribution < 1.29 is 52.3 Å². The molecule has 3 aromatic rings. The number of aromatic carboxylic acids is 1. The number of hydrogen-bond donors (Lipinski definition) is 3. The van der Waals surface area contributed by atoms with Crippen LogP contribution in [-0.2, 0) is 48.1 Å². The average molecular weight is 823 g/mol. The highest BCUT2D eigenvalue weighted by molar-refractivity contribution is 5.99. The molecule has 59 heavy (non-hydrogen) atoms. The number of carboxylic acids is 1. The van der Waals surface area contributed by atoms with Gasteiger partial charge in [-0.05, 0) is 37.2 Å². The summed E-state index contributed by atoms with van der Waals surface area (Å²) >= 11 is 0. The molecular formula is C42H58N6O11. The number of rotatable bonds is 19. The Balaban J connectivity index is 0.000000367. The van der Waals surface area contributed by atoms with Gasteiger partial charge in [0.2, 0.25) is 5.91 Å². The molecule has 3 fully saturated rings. The SMILES string of the molecule is CC(C)C[C@H](NC(=O)[C@@H](CC(=O)[C@@H](NC(=O)c1cc(CN2CCOCC2)on1)C(C)C)Cc1ccccc1)C(=O)[C@@]1(C)CO1.O=C(O)c1cc(CN2CCOCC2)on1. The highest BCUT2D eigenvalue weighted by Gasteiger charge is 2.50. The Hall–Kier alpha value is -4.81. The minimum Gasteiger partial charge on any atom is -0.476 e. The number of aromatic nitrogens is 2. The monoisotopic (exact) mass is 822 g/mol. The molecule has 2 aromatic heterocycles. The predicted octanol–water partition coefficient (Wildman–Crippen LogP) is 3.17. The maximum atomic E-state index is 13.8. The van der Waals surface area contributed by atoms with Crippen LogP contribution in [0.1, 0.15) is 85.5 Å². The minimum absolute atomic E-state index is 0.0433. The first-order valence-corrected chi connectivity index (χ1v) is 20.3. The van der Waals surface area contributed by atoms with E-state index in [1.807, 2.05) is 58.0 Å². The van der Waals surface area contributed by atoms with Crippen molar-refractivity contribution in [2.75, 3.05) is 59.2 Å². The van der Waals surface area contributed by atoms with Crippen LogP contribution in [-0.4, -0.2) is 131 Å². The van der Waals surface area contributed by atoms with Crippen molar-refractivity contribution in [3.05, 3.63) is 70.9 Å². The number of benzene rings is 1. The van der Waals surface area contributed by atoms with Gasteiger partial charge in [0.1, 0.15) is 5.60 Å². The molecule has 0 unspecified atom stereocenters. The van der Waals surface area contributed by atoms with Crippen molar-refractivity contribution in [3.63, 3.8) is 0 Å². The Morgan fingerprint density at radius 3 is 1.85 bits per heavy atom. The number of amides is 2. The number of hydrogen-bond acceptors (Lipinski definition) is 14. The van der Waals surface area contributed by atoms with Crippen LogP contribution in [0.5, 0.6) is 0 Å². The second-order valence-electron chi connectivity index (χ2n) is 16.3. The van der Waals surface area contributed by atoms with Crippen molar-refractivity contribution in [3.8, 4) is 0 Å². The first-order chi connectivity index (χ1) is 28.2. The van der Waals surface area contributed by atoms with E-state index >= 15 is 0 Å². The highest BCUT2D eigenvalue weighted by atomic mass is 16.6. The summed E-state index contributed by atoms with van der Waals surface area (Å²) in [6.45, 7) is 16.7. The zero-order chi connectivity index (χ0) is 42.5. The molecular weight excluding hydrogens is 764 g/mol. The number of carbonyl (C=O) groups excluding carboxylic acids is 4. The maximum absolute atomic E-state index is 13.8. The van der Waals surface area contributed by atoms with Crippen LogP contribution < -0.4 is 10.6 Å². The van der Waals surface area contributed by atoms with Gasteiger partial charge in [0.15, 0.2) is 34.5 Å². The molecule has 0 spiro atoms. The average Bonchev–Trinajstić information content (AvgIpc) is 3.54. The summed E-state index contributed by atoms with van der Waals surface area (Å²) in [7, 11) is 0. The standard InChI is InChI=1S/C33H46N4O7.C9H12N2O4/c1-21(2)15-26(30(39)33(5)20-43-33)34-31(40)24(16-23-9-7-6-8-10-23)17-28(38)29(22(3)4)35-32(41)27-18-25(44-36-27)19-37-11-13-42-14-12-37;12-9(13)8-5-7(15-10-8)6-11-1-3-14-4-2-11/h6-10,18,21-22,24,26,29H,11-17,19-20H2,1-5H3,(H,34,40)(H,35,41);5H,1-4,6H2,(H,12,13)/t24-,26+,29+,33-;/m1./s1. The van der Waals surface area contributed by atoms with Gasteiger partial charge < -0.3 is 39.0 Å². The van der Waals surface area contributed by atoms with E-state index in [0.717, 1.165) is 31.7 Å². The molecule has 3 aliphatic heterocycles. The van der Waals surface area contributed by atoms with E-state index in [9.17, 15) is 24.0 Å². The Morgan fingerprint density at radius 1 is 0.814 bits per heavy atom. The van der Waals surface area contributed by atoms with Gasteiger partial charge in [-0.1, -0.05) is 68.3 Å². The fourth-order valence-corrected chi connectivity index (χ4v) is 6.91. The van der Waals surface area contributed by atoms with E-state index in [2.05, 4.69) is 30.7 Å². The van der Waals surface area contributed by atoms with Crippen molar-refractivity contribution in [1.82, 2.24) is 30.7 Å². The number of nitrogens with one attached hydrogen (secondary N) is 2. The lowest BCUT2D eigenvalue weighted by Gasteiger charge is -2.26. The molecule has 17 nitrogen and oxygen atoms in total. The van der Waals surface area contributed by atoms with Crippen LogP contribution in [0, 0.1) is 17.8 Å². The summed E-state index contributed by atoms with van der Waals surface area (Å²) in [6, 6.07) is 10.9. The zero-order valence-electron chi connectivity index (χ0n) is 34.6. The molecule has 0 bridgehead atoms. The lowest BCUT2D eigenvalue weighted by atomic mass is 9.87. The molecule has 0 saturated carbocycles. The predicted molar refractivity (Wildman–Crippen MR) is 212 cm³/mol. The van der Waals surface area contributed by atoms with Crippen molar-refractivity contribution in [2.45, 2.75) is 84.7 Å². The summed E-state index contributed by atoms with van der Waals surface area (Å²) in [5.41, 5.74) is 0.0629. The van der Waals surface area contributed by atoms with Crippen molar-refractivity contribution in [1.29, 1.82) is 0 Å². The quantitative estimate of drug-likeness (QED) is 0.148. The van der Waals surface area contributed by atoms with Crippen molar-refractivity contribution >= 4 is 29.4 Å². The van der Waals surface area contributed by atoms with Gasteiger partial charge in [0, 0.05) is 50.7 Å². The summed E-state index contributed by atoms with van der Waals surface area (Å²) in [6.07, 6.45) is 0.661. The van der Waals surface area contributed by atoms with E-state index in [0.29, 0.717) is 70.5 Å². The minimum atomic E-state index is -1.06. The van der Waals surface area contributed by atoms with E-state index in [1.54, 1.807) is 13.0 Å². The van der Waals surface area contributed by atoms with Gasteiger partial charge in [0.25, 0.3) is 5.91 Å². The third kappa shape index (κ3) is 13.9. The Kier molecular flexibility index (Phi) is 16.5. The zero-order valence-corrected chi connectivity index (χ0v) is 34.6. The number of ketones is 2. The van der Waals surface area contributed by atoms with Crippen molar-refractivity contribution in [2.24, 2.45) is 17.8 Å². The van der Waals surface area contributed by atoms with Crippen LogP contribution in [0.15, 0.2) is 51.5 Å². The molecule has 2 amide bonds. The molecule has 1 aromatic carbocycles. The molecule has 0 radical (unpaired) electrons. The molecule has 3 N–H and O–H groups in total. The molecule has 6 rings (SSSR count). The second-order valence-corrected chi connectivity index (χ2v) is 16.3. The summed E-state index contributed by atoms with van der Waals surface area (Å²) in [4.78, 5) is 68.7. The third-order valence-corrected chi connectivity index (χ3v) is 10.4. The Labute approximate surface area is 344 Å². The number of ether oxygens (including phenoxy) is 3. The lowest BCUT2D eigenvalue weighted by molar-refractivity contribution is -0.134. The van der Waals surface area contributed by atoms with Gasteiger partial charge in [-0.15, -0.1) is 0 Å². The van der Waals surface area contributed by atoms with E-state index < -0.39 is 35.5 Å². The smallest absolute Gasteiger partial charge is 0.358 e. The number of Topliss-reactive ketones (excluding diaryl/α,β-unsaturated/α-hetero) is 2. The first-order valence-electron chi connectivity index (χ1n) is 20.3. The lowest BCUT2D eigenvalue weighted by Crippen LogP contribution is -2.50. The second kappa shape index (κ2) is 21.4. The van der Waals surface area contributed by atoms with Crippen LogP contribution in [0.3, 0.4) is 0 Å². The van der Waals surface area contributed by atoms with Crippen LogP contribution >= 0.6 is 0 Å².